The second kappa shape index (κ2) is 7.49. The quantitative estimate of drug-likeness (QED) is 0.690. The third-order valence-electron chi connectivity index (χ3n) is 3.75. The van der Waals surface area contributed by atoms with E-state index in [9.17, 15) is 8.42 Å². The summed E-state index contributed by atoms with van der Waals surface area (Å²) in [6.45, 7) is 1.95. The molecule has 0 aliphatic heterocycles. The molecule has 26 heavy (non-hydrogen) atoms. The molecule has 0 fully saturated rings. The molecule has 1 heterocycles. The van der Waals surface area contributed by atoms with Gasteiger partial charge in [-0.1, -0.05) is 28.9 Å². The number of methoxy groups -OCH3 is 1. The van der Waals surface area contributed by atoms with Gasteiger partial charge >= 0.3 is 0 Å². The predicted molar refractivity (Wildman–Crippen MR) is 98.7 cm³/mol. The molecule has 3 rings (SSSR count). The summed E-state index contributed by atoms with van der Waals surface area (Å²) in [6.07, 6.45) is 0. The summed E-state index contributed by atoms with van der Waals surface area (Å²) in [7, 11) is -2.34. The van der Waals surface area contributed by atoms with Gasteiger partial charge in [0.2, 0.25) is 10.0 Å². The van der Waals surface area contributed by atoms with Crippen LogP contribution in [0.15, 0.2) is 57.9 Å². The molecular weight excluding hydrogens is 376 g/mol. The summed E-state index contributed by atoms with van der Waals surface area (Å²) in [5, 5.41) is 4.43. The number of halogens is 1. The van der Waals surface area contributed by atoms with Crippen molar-refractivity contribution in [2.75, 3.05) is 7.11 Å². The number of hydrogen-bond acceptors (Lipinski definition) is 5. The van der Waals surface area contributed by atoms with Crippen LogP contribution in [0, 0.1) is 6.92 Å². The van der Waals surface area contributed by atoms with E-state index >= 15 is 0 Å². The van der Waals surface area contributed by atoms with Crippen LogP contribution < -0.4 is 9.46 Å². The molecule has 6 nitrogen and oxygen atoms in total. The van der Waals surface area contributed by atoms with Gasteiger partial charge in [-0.15, -0.1) is 0 Å². The Morgan fingerprint density at radius 1 is 1.15 bits per heavy atom. The highest BCUT2D eigenvalue weighted by Crippen LogP contribution is 2.30. The van der Waals surface area contributed by atoms with Gasteiger partial charge in [-0.05, 0) is 42.8 Å². The van der Waals surface area contributed by atoms with Crippen molar-refractivity contribution < 1.29 is 17.7 Å². The van der Waals surface area contributed by atoms with Crippen LogP contribution in [-0.4, -0.2) is 20.7 Å². The van der Waals surface area contributed by atoms with Gasteiger partial charge < -0.3 is 9.26 Å². The second-order valence-corrected chi connectivity index (χ2v) is 7.82. The first kappa shape index (κ1) is 18.4. The van der Waals surface area contributed by atoms with E-state index in [1.165, 1.54) is 13.2 Å². The molecule has 0 aliphatic rings. The van der Waals surface area contributed by atoms with Gasteiger partial charge in [-0.2, -0.15) is 0 Å². The van der Waals surface area contributed by atoms with E-state index in [1.807, 2.05) is 6.92 Å². The normalized spacial score (nSPS) is 11.5. The maximum Gasteiger partial charge on any atom is 0.244 e. The van der Waals surface area contributed by atoms with Crippen LogP contribution in [0.25, 0.3) is 11.3 Å². The van der Waals surface area contributed by atoms with E-state index < -0.39 is 10.0 Å². The molecule has 0 saturated heterocycles. The van der Waals surface area contributed by atoms with Crippen LogP contribution in [0.1, 0.15) is 11.3 Å². The molecule has 0 saturated carbocycles. The number of hydrogen-bond donors (Lipinski definition) is 1. The molecule has 0 spiro atoms. The molecule has 1 N–H and O–H groups in total. The number of aromatic nitrogens is 1. The zero-order valence-corrected chi connectivity index (χ0v) is 15.8. The van der Waals surface area contributed by atoms with Crippen molar-refractivity contribution in [1.29, 1.82) is 0 Å². The van der Waals surface area contributed by atoms with Crippen molar-refractivity contribution in [1.82, 2.24) is 9.88 Å². The molecule has 0 atom stereocenters. The summed E-state index contributed by atoms with van der Waals surface area (Å²) in [5.41, 5.74) is 2.21. The largest absolute Gasteiger partial charge is 0.495 e. The molecule has 0 amide bonds. The Morgan fingerprint density at radius 3 is 2.50 bits per heavy atom. The van der Waals surface area contributed by atoms with E-state index in [1.54, 1.807) is 42.5 Å². The maximum absolute atomic E-state index is 12.7. The Hall–Kier alpha value is -2.35. The first-order chi connectivity index (χ1) is 12.4. The van der Waals surface area contributed by atoms with Crippen molar-refractivity contribution in [3.63, 3.8) is 0 Å². The van der Waals surface area contributed by atoms with Crippen molar-refractivity contribution in [3.8, 4) is 17.1 Å². The Bertz CT molecular complexity index is 1010. The summed E-state index contributed by atoms with van der Waals surface area (Å²) in [6, 6.07) is 13.4. The molecule has 0 aliphatic carbocycles. The summed E-state index contributed by atoms with van der Waals surface area (Å²) in [4.78, 5) is 0.0500. The topological polar surface area (TPSA) is 81.4 Å². The lowest BCUT2D eigenvalue weighted by atomic mass is 10.1. The van der Waals surface area contributed by atoms with E-state index in [2.05, 4.69) is 9.88 Å². The molecule has 0 unspecified atom stereocenters. The monoisotopic (exact) mass is 392 g/mol. The summed E-state index contributed by atoms with van der Waals surface area (Å²) >= 11 is 5.84. The van der Waals surface area contributed by atoms with Crippen LogP contribution in [0.5, 0.6) is 5.75 Å². The molecular formula is C18H17ClN2O4S. The number of aryl methyl sites for hydroxylation is 1. The van der Waals surface area contributed by atoms with Crippen LogP contribution in [0.2, 0.25) is 5.02 Å². The number of ether oxygens (including phenoxy) is 1. The molecule has 0 bridgehead atoms. The smallest absolute Gasteiger partial charge is 0.244 e. The fourth-order valence-electron chi connectivity index (χ4n) is 2.40. The van der Waals surface area contributed by atoms with Gasteiger partial charge in [0, 0.05) is 23.2 Å². The van der Waals surface area contributed by atoms with E-state index in [-0.39, 0.29) is 17.2 Å². The van der Waals surface area contributed by atoms with Crippen LogP contribution >= 0.6 is 11.6 Å². The molecule has 8 heteroatoms. The highest BCUT2D eigenvalue weighted by molar-refractivity contribution is 7.89. The van der Waals surface area contributed by atoms with E-state index in [0.717, 1.165) is 11.3 Å². The molecule has 0 radical (unpaired) electrons. The highest BCUT2D eigenvalue weighted by Gasteiger charge is 2.20. The minimum atomic E-state index is -3.76. The minimum absolute atomic E-state index is 0.0500. The predicted octanol–water partition coefficient (Wildman–Crippen LogP) is 3.79. The number of sulfonamides is 1. The number of rotatable bonds is 6. The SMILES string of the molecule is COc1cc(-c2cc(C)no2)ccc1S(=O)(=O)NCc1ccc(Cl)cc1. The van der Waals surface area contributed by atoms with Crippen LogP contribution in [0.4, 0.5) is 0 Å². The third-order valence-corrected chi connectivity index (χ3v) is 5.44. The Kier molecular flexibility index (Phi) is 5.31. The lowest BCUT2D eigenvalue weighted by Crippen LogP contribution is -2.23. The first-order valence-corrected chi connectivity index (χ1v) is 9.61. The average Bonchev–Trinajstić information content (AvgIpc) is 3.07. The molecule has 2 aromatic carbocycles. The highest BCUT2D eigenvalue weighted by atomic mass is 35.5. The third kappa shape index (κ3) is 4.07. The van der Waals surface area contributed by atoms with Gasteiger partial charge in [0.25, 0.3) is 0 Å². The van der Waals surface area contributed by atoms with Gasteiger partial charge in [0.15, 0.2) is 5.76 Å². The summed E-state index contributed by atoms with van der Waals surface area (Å²) in [5.74, 6) is 0.763. The number of benzene rings is 2. The zero-order chi connectivity index (χ0) is 18.7. The average molecular weight is 393 g/mol. The van der Waals surface area contributed by atoms with Gasteiger partial charge in [-0.3, -0.25) is 0 Å². The van der Waals surface area contributed by atoms with E-state index in [0.29, 0.717) is 16.3 Å². The van der Waals surface area contributed by atoms with Crippen LogP contribution in [-0.2, 0) is 16.6 Å². The molecule has 3 aromatic rings. The number of nitrogens with zero attached hydrogens (tertiary/aromatic N) is 1. The van der Waals surface area contributed by atoms with E-state index in [4.69, 9.17) is 20.9 Å². The maximum atomic E-state index is 12.7. The fraction of sp³-hybridized carbons (Fsp3) is 0.167. The molecule has 136 valence electrons. The summed E-state index contributed by atoms with van der Waals surface area (Å²) < 4.78 is 38.3. The standard InChI is InChI=1S/C18H17ClN2O4S/c1-12-9-16(25-21-12)14-5-8-18(17(10-14)24-2)26(22,23)20-11-13-3-6-15(19)7-4-13/h3-10,20H,11H2,1-2H3. The Morgan fingerprint density at radius 2 is 1.88 bits per heavy atom. The zero-order valence-electron chi connectivity index (χ0n) is 14.2. The first-order valence-electron chi connectivity index (χ1n) is 7.75. The Balaban J connectivity index is 1.85. The second-order valence-electron chi connectivity index (χ2n) is 5.65. The van der Waals surface area contributed by atoms with Crippen molar-refractivity contribution in [2.45, 2.75) is 18.4 Å². The van der Waals surface area contributed by atoms with Crippen LogP contribution in [0.3, 0.4) is 0 Å². The minimum Gasteiger partial charge on any atom is -0.495 e. The number of nitrogens with one attached hydrogen (secondary N) is 1. The lowest BCUT2D eigenvalue weighted by Gasteiger charge is -2.12. The fourth-order valence-corrected chi connectivity index (χ4v) is 3.69. The van der Waals surface area contributed by atoms with Crippen molar-refractivity contribution >= 4 is 21.6 Å². The van der Waals surface area contributed by atoms with Crippen molar-refractivity contribution in [3.05, 3.63) is 64.8 Å². The van der Waals surface area contributed by atoms with Crippen molar-refractivity contribution in [2.24, 2.45) is 0 Å². The lowest BCUT2D eigenvalue weighted by molar-refractivity contribution is 0.401. The van der Waals surface area contributed by atoms with Gasteiger partial charge in [0.1, 0.15) is 10.6 Å². The van der Waals surface area contributed by atoms with Gasteiger partial charge in [0.05, 0.1) is 12.8 Å². The Labute approximate surface area is 156 Å². The van der Waals surface area contributed by atoms with Gasteiger partial charge in [-0.25, -0.2) is 13.1 Å². The molecule has 1 aromatic heterocycles.